The highest BCUT2D eigenvalue weighted by Crippen LogP contribution is 2.23. The molecule has 94 valence electrons. The highest BCUT2D eigenvalue weighted by atomic mass is 32.1. The standard InChI is InChI=1S/C13H20N2OS/c1-14-11-3-5-12(6-4-11)15(2)13(16)10-7-8-17-9-10/h7-9,11-12,14H,3-6H2,1-2H3. The molecule has 1 N–H and O–H groups in total. The normalized spacial score (nSPS) is 24.6. The van der Waals surface area contributed by atoms with Crippen LogP contribution in [0.25, 0.3) is 0 Å². The minimum atomic E-state index is 0.166. The number of hydrogen-bond acceptors (Lipinski definition) is 3. The number of carbonyl (C=O) groups is 1. The molecular formula is C13H20N2OS. The number of hydrogen-bond donors (Lipinski definition) is 1. The number of amides is 1. The van der Waals surface area contributed by atoms with Crippen molar-refractivity contribution in [3.63, 3.8) is 0 Å². The Morgan fingerprint density at radius 2 is 2.12 bits per heavy atom. The molecule has 0 aliphatic heterocycles. The highest BCUT2D eigenvalue weighted by Gasteiger charge is 2.26. The zero-order valence-corrected chi connectivity index (χ0v) is 11.3. The topological polar surface area (TPSA) is 32.3 Å². The van der Waals surface area contributed by atoms with E-state index in [4.69, 9.17) is 0 Å². The van der Waals surface area contributed by atoms with Crippen molar-refractivity contribution in [3.8, 4) is 0 Å². The molecule has 0 spiro atoms. The van der Waals surface area contributed by atoms with Gasteiger partial charge in [-0.15, -0.1) is 0 Å². The Hall–Kier alpha value is -0.870. The van der Waals surface area contributed by atoms with Gasteiger partial charge in [0.2, 0.25) is 0 Å². The zero-order valence-electron chi connectivity index (χ0n) is 10.5. The minimum absolute atomic E-state index is 0.166. The molecule has 1 aromatic heterocycles. The summed E-state index contributed by atoms with van der Waals surface area (Å²) >= 11 is 1.58. The Bertz CT molecular complexity index is 356. The van der Waals surface area contributed by atoms with E-state index in [0.717, 1.165) is 18.4 Å². The fraction of sp³-hybridized carbons (Fsp3) is 0.615. The molecule has 0 atom stereocenters. The molecule has 1 heterocycles. The van der Waals surface area contributed by atoms with Crippen LogP contribution in [0.2, 0.25) is 0 Å². The third-order valence-corrected chi connectivity index (χ3v) is 4.42. The fourth-order valence-corrected chi connectivity index (χ4v) is 3.14. The Balaban J connectivity index is 1.92. The van der Waals surface area contributed by atoms with Gasteiger partial charge in [0.05, 0.1) is 5.56 Å². The SMILES string of the molecule is CNC1CCC(N(C)C(=O)c2ccsc2)CC1. The van der Waals surface area contributed by atoms with Gasteiger partial charge in [-0.05, 0) is 44.2 Å². The summed E-state index contributed by atoms with van der Waals surface area (Å²) in [6.07, 6.45) is 4.56. The first-order valence-electron chi connectivity index (χ1n) is 6.19. The minimum Gasteiger partial charge on any atom is -0.339 e. The van der Waals surface area contributed by atoms with Gasteiger partial charge in [-0.2, -0.15) is 11.3 Å². The van der Waals surface area contributed by atoms with Crippen LogP contribution < -0.4 is 5.32 Å². The lowest BCUT2D eigenvalue weighted by molar-refractivity contribution is 0.0686. The fourth-order valence-electron chi connectivity index (χ4n) is 2.51. The molecule has 0 unspecified atom stereocenters. The maximum absolute atomic E-state index is 12.2. The Labute approximate surface area is 107 Å². The lowest BCUT2D eigenvalue weighted by atomic mass is 9.90. The van der Waals surface area contributed by atoms with Gasteiger partial charge < -0.3 is 10.2 Å². The summed E-state index contributed by atoms with van der Waals surface area (Å²) in [7, 11) is 3.95. The van der Waals surface area contributed by atoms with E-state index < -0.39 is 0 Å². The second-order valence-corrected chi connectivity index (χ2v) is 5.50. The van der Waals surface area contributed by atoms with Crippen molar-refractivity contribution in [2.24, 2.45) is 0 Å². The lowest BCUT2D eigenvalue weighted by Gasteiger charge is -2.34. The summed E-state index contributed by atoms with van der Waals surface area (Å²) in [6.45, 7) is 0. The van der Waals surface area contributed by atoms with Crippen LogP contribution in [0.1, 0.15) is 36.0 Å². The molecular weight excluding hydrogens is 232 g/mol. The molecule has 1 amide bonds. The predicted molar refractivity (Wildman–Crippen MR) is 71.5 cm³/mol. The molecule has 0 bridgehead atoms. The number of nitrogens with one attached hydrogen (secondary N) is 1. The van der Waals surface area contributed by atoms with Crippen LogP contribution in [0, 0.1) is 0 Å². The molecule has 1 fully saturated rings. The summed E-state index contributed by atoms with van der Waals surface area (Å²) in [5, 5.41) is 7.20. The second-order valence-electron chi connectivity index (χ2n) is 4.72. The molecule has 1 aromatic rings. The number of thiophene rings is 1. The first-order valence-corrected chi connectivity index (χ1v) is 7.13. The highest BCUT2D eigenvalue weighted by molar-refractivity contribution is 7.08. The van der Waals surface area contributed by atoms with Crippen molar-refractivity contribution in [1.82, 2.24) is 10.2 Å². The number of carbonyl (C=O) groups excluding carboxylic acids is 1. The number of rotatable bonds is 3. The molecule has 3 nitrogen and oxygen atoms in total. The summed E-state index contributed by atoms with van der Waals surface area (Å²) in [4.78, 5) is 14.1. The predicted octanol–water partition coefficient (Wildman–Crippen LogP) is 2.35. The molecule has 17 heavy (non-hydrogen) atoms. The van der Waals surface area contributed by atoms with Crippen molar-refractivity contribution in [3.05, 3.63) is 22.4 Å². The van der Waals surface area contributed by atoms with Gasteiger partial charge in [0.15, 0.2) is 0 Å². The van der Waals surface area contributed by atoms with Gasteiger partial charge in [0.25, 0.3) is 5.91 Å². The van der Waals surface area contributed by atoms with Crippen LogP contribution in [-0.2, 0) is 0 Å². The summed E-state index contributed by atoms with van der Waals surface area (Å²) in [5.41, 5.74) is 0.827. The van der Waals surface area contributed by atoms with Crippen molar-refractivity contribution in [1.29, 1.82) is 0 Å². The van der Waals surface area contributed by atoms with Crippen LogP contribution in [0.5, 0.6) is 0 Å². The maximum Gasteiger partial charge on any atom is 0.254 e. The average molecular weight is 252 g/mol. The zero-order chi connectivity index (χ0) is 12.3. The van der Waals surface area contributed by atoms with Gasteiger partial charge >= 0.3 is 0 Å². The molecule has 0 aromatic carbocycles. The van der Waals surface area contributed by atoms with Gasteiger partial charge in [0, 0.05) is 24.5 Å². The molecule has 1 saturated carbocycles. The monoisotopic (exact) mass is 252 g/mol. The van der Waals surface area contributed by atoms with Crippen molar-refractivity contribution in [2.45, 2.75) is 37.8 Å². The molecule has 0 radical (unpaired) electrons. The average Bonchev–Trinajstić information content (AvgIpc) is 2.91. The number of nitrogens with zero attached hydrogens (tertiary/aromatic N) is 1. The van der Waals surface area contributed by atoms with Crippen LogP contribution in [-0.4, -0.2) is 37.0 Å². The third kappa shape index (κ3) is 2.87. The molecule has 0 saturated heterocycles. The Morgan fingerprint density at radius 1 is 1.41 bits per heavy atom. The molecule has 1 aliphatic rings. The molecule has 4 heteroatoms. The van der Waals surface area contributed by atoms with Gasteiger partial charge in [0.1, 0.15) is 0 Å². The van der Waals surface area contributed by atoms with E-state index in [9.17, 15) is 4.79 Å². The van der Waals surface area contributed by atoms with E-state index in [0.29, 0.717) is 12.1 Å². The second kappa shape index (κ2) is 5.65. The summed E-state index contributed by atoms with van der Waals surface area (Å²) in [5.74, 6) is 0.166. The van der Waals surface area contributed by atoms with Gasteiger partial charge in [-0.3, -0.25) is 4.79 Å². The van der Waals surface area contributed by atoms with Crippen molar-refractivity contribution in [2.75, 3.05) is 14.1 Å². The smallest absolute Gasteiger partial charge is 0.254 e. The van der Waals surface area contributed by atoms with E-state index in [2.05, 4.69) is 5.32 Å². The van der Waals surface area contributed by atoms with E-state index in [1.54, 1.807) is 11.3 Å². The van der Waals surface area contributed by atoms with E-state index in [-0.39, 0.29) is 5.91 Å². The van der Waals surface area contributed by atoms with Crippen LogP contribution in [0.4, 0.5) is 0 Å². The largest absolute Gasteiger partial charge is 0.339 e. The molecule has 1 aliphatic carbocycles. The quantitative estimate of drug-likeness (QED) is 0.895. The summed E-state index contributed by atoms with van der Waals surface area (Å²) in [6, 6.07) is 2.95. The summed E-state index contributed by atoms with van der Waals surface area (Å²) < 4.78 is 0. The van der Waals surface area contributed by atoms with Crippen molar-refractivity contribution >= 4 is 17.2 Å². The van der Waals surface area contributed by atoms with Crippen LogP contribution >= 0.6 is 11.3 Å². The van der Waals surface area contributed by atoms with E-state index in [1.807, 2.05) is 35.8 Å². The van der Waals surface area contributed by atoms with Gasteiger partial charge in [-0.1, -0.05) is 0 Å². The first kappa shape index (κ1) is 12.6. The lowest BCUT2D eigenvalue weighted by Crippen LogP contribution is -2.42. The maximum atomic E-state index is 12.2. The third-order valence-electron chi connectivity index (χ3n) is 3.74. The first-order chi connectivity index (χ1) is 8.22. The van der Waals surface area contributed by atoms with Crippen LogP contribution in [0.15, 0.2) is 16.8 Å². The Kier molecular flexibility index (Phi) is 4.18. The van der Waals surface area contributed by atoms with E-state index in [1.165, 1.54) is 12.8 Å². The molecule has 2 rings (SSSR count). The Morgan fingerprint density at radius 3 is 2.65 bits per heavy atom. The van der Waals surface area contributed by atoms with Crippen molar-refractivity contribution < 1.29 is 4.79 Å². The van der Waals surface area contributed by atoms with E-state index >= 15 is 0 Å². The van der Waals surface area contributed by atoms with Crippen LogP contribution in [0.3, 0.4) is 0 Å². The van der Waals surface area contributed by atoms with Gasteiger partial charge in [-0.25, -0.2) is 0 Å².